The SMILES string of the molecule is CC1(C)c2cc(Cc3ccc4c(c3)C(C)(C)[C@@H]3CSc5c(c(-c6ccccc6)nn5-c5ccccc5)[C@@H]3N4)ccc2N[C@H]2c3c(-c4ccccc4)nn(-c4ccccc4)c3SC[C@H]21. The number of benzene rings is 6. The van der Waals surface area contributed by atoms with Crippen molar-refractivity contribution in [2.24, 2.45) is 11.8 Å². The van der Waals surface area contributed by atoms with Gasteiger partial charge in [0.05, 0.1) is 34.8 Å². The van der Waals surface area contributed by atoms with Crippen molar-refractivity contribution in [1.29, 1.82) is 0 Å². The minimum Gasteiger partial charge on any atom is -0.377 e. The fourth-order valence-corrected chi connectivity index (χ4v) is 14.2. The van der Waals surface area contributed by atoms with Gasteiger partial charge in [0.2, 0.25) is 0 Å². The summed E-state index contributed by atoms with van der Waals surface area (Å²) in [5.74, 6) is 2.80. The normalized spacial score (nSPS) is 21.0. The second-order valence-electron chi connectivity index (χ2n) is 18.8. The first-order chi connectivity index (χ1) is 30.7. The van der Waals surface area contributed by atoms with Gasteiger partial charge in [-0.25, -0.2) is 9.36 Å². The molecule has 12 rings (SSSR count). The Balaban J connectivity index is 0.865. The van der Waals surface area contributed by atoms with Gasteiger partial charge in [-0.2, -0.15) is 10.2 Å². The Morgan fingerprint density at radius 2 is 0.889 bits per heavy atom. The molecule has 0 amide bonds. The second-order valence-corrected chi connectivity index (χ2v) is 20.8. The number of para-hydroxylation sites is 2. The van der Waals surface area contributed by atoms with Crippen molar-refractivity contribution in [2.75, 3.05) is 22.1 Å². The number of fused-ring (bicyclic) bond motifs is 8. The molecule has 6 heterocycles. The van der Waals surface area contributed by atoms with Crippen LogP contribution in [0.25, 0.3) is 33.9 Å². The van der Waals surface area contributed by atoms with Crippen LogP contribution in [0.15, 0.2) is 168 Å². The number of aromatic nitrogens is 4. The van der Waals surface area contributed by atoms with Crippen LogP contribution in [-0.2, 0) is 17.3 Å². The van der Waals surface area contributed by atoms with Crippen LogP contribution in [0, 0.1) is 11.8 Å². The van der Waals surface area contributed by atoms with Gasteiger partial charge in [-0.15, -0.1) is 23.5 Å². The number of anilines is 2. The zero-order valence-electron chi connectivity index (χ0n) is 36.0. The smallest absolute Gasteiger partial charge is 0.106 e. The maximum atomic E-state index is 5.34. The van der Waals surface area contributed by atoms with Gasteiger partial charge >= 0.3 is 0 Å². The first kappa shape index (κ1) is 38.7. The number of nitrogens with zero attached hydrogens (tertiary/aromatic N) is 4. The van der Waals surface area contributed by atoms with Crippen molar-refractivity contribution in [3.8, 4) is 33.9 Å². The third-order valence-electron chi connectivity index (χ3n) is 14.5. The molecule has 4 atom stereocenters. The molecule has 8 aromatic rings. The number of rotatable bonds is 6. The van der Waals surface area contributed by atoms with Crippen LogP contribution in [0.4, 0.5) is 11.4 Å². The number of hydrogen-bond acceptors (Lipinski definition) is 6. The molecule has 0 saturated heterocycles. The largest absolute Gasteiger partial charge is 0.377 e. The second kappa shape index (κ2) is 14.8. The molecular weight excluding hydrogens is 809 g/mol. The highest BCUT2D eigenvalue weighted by molar-refractivity contribution is 7.99. The summed E-state index contributed by atoms with van der Waals surface area (Å²) in [5.41, 5.74) is 17.2. The van der Waals surface area contributed by atoms with Crippen LogP contribution in [0.3, 0.4) is 0 Å². The van der Waals surface area contributed by atoms with E-state index in [1.54, 1.807) is 0 Å². The van der Waals surface area contributed by atoms with Crippen molar-refractivity contribution in [2.45, 2.75) is 67.1 Å². The molecular formula is C55H50N6S2. The molecule has 0 unspecified atom stereocenters. The Labute approximate surface area is 378 Å². The van der Waals surface area contributed by atoms with Crippen LogP contribution in [0.1, 0.15) is 73.2 Å². The predicted molar refractivity (Wildman–Crippen MR) is 261 cm³/mol. The minimum absolute atomic E-state index is 0.0596. The summed E-state index contributed by atoms with van der Waals surface area (Å²) in [5, 5.41) is 21.4. The van der Waals surface area contributed by atoms with Crippen LogP contribution in [-0.4, -0.2) is 31.1 Å². The maximum Gasteiger partial charge on any atom is 0.106 e. The van der Waals surface area contributed by atoms with Gasteiger partial charge in [0.15, 0.2) is 0 Å². The molecule has 2 N–H and O–H groups in total. The van der Waals surface area contributed by atoms with Crippen LogP contribution in [0.2, 0.25) is 0 Å². The molecule has 0 bridgehead atoms. The number of thioether (sulfide) groups is 2. The van der Waals surface area contributed by atoms with Crippen LogP contribution in [0.5, 0.6) is 0 Å². The summed E-state index contributed by atoms with van der Waals surface area (Å²) in [6.07, 6.45) is 0.886. The fraction of sp³-hybridized carbons (Fsp3) is 0.236. The molecule has 0 spiro atoms. The van der Waals surface area contributed by atoms with Gasteiger partial charge in [0, 0.05) is 57.0 Å². The van der Waals surface area contributed by atoms with Crippen molar-refractivity contribution >= 4 is 34.9 Å². The Hall–Kier alpha value is -5.96. The van der Waals surface area contributed by atoms with E-state index in [1.165, 1.54) is 54.8 Å². The molecule has 0 aliphatic carbocycles. The average molecular weight is 859 g/mol. The lowest BCUT2D eigenvalue weighted by Crippen LogP contribution is -2.44. The monoisotopic (exact) mass is 858 g/mol. The Morgan fingerprint density at radius 3 is 1.29 bits per heavy atom. The highest BCUT2D eigenvalue weighted by Crippen LogP contribution is 2.58. The van der Waals surface area contributed by atoms with Gasteiger partial charge < -0.3 is 10.6 Å². The van der Waals surface area contributed by atoms with Gasteiger partial charge in [-0.3, -0.25) is 0 Å². The predicted octanol–water partition coefficient (Wildman–Crippen LogP) is 13.3. The van der Waals surface area contributed by atoms with E-state index in [1.807, 2.05) is 23.5 Å². The summed E-state index contributed by atoms with van der Waals surface area (Å²) in [6.45, 7) is 9.86. The van der Waals surface area contributed by atoms with Crippen molar-refractivity contribution in [3.63, 3.8) is 0 Å². The fourth-order valence-electron chi connectivity index (χ4n) is 11.0. The lowest BCUT2D eigenvalue weighted by Gasteiger charge is -2.48. The van der Waals surface area contributed by atoms with E-state index < -0.39 is 0 Å². The van der Waals surface area contributed by atoms with Crippen molar-refractivity contribution in [3.05, 3.63) is 191 Å². The molecule has 2 aromatic heterocycles. The standard InChI is InChI=1S/C55H50N6S2/c1-54(2)40-30-34(25-27-44(40)56-50-42(54)32-62-52-46(50)48(36-17-9-5-10-18-36)58-60(52)38-21-13-7-14-22-38)29-35-26-28-45-41(31-35)55(3,4)43-33-63-53-47(51(43)57-45)49(37-19-11-6-12-20-37)59-61(53)39-23-15-8-16-24-39/h5-28,30-31,42-43,50-51,56-57H,29,32-33H2,1-4H3/t42-,43-,50-,51-/m1/s1. The topological polar surface area (TPSA) is 59.7 Å². The third-order valence-corrected chi connectivity index (χ3v) is 16.9. The Bertz CT molecular complexity index is 2810. The zero-order chi connectivity index (χ0) is 42.5. The molecule has 63 heavy (non-hydrogen) atoms. The van der Waals surface area contributed by atoms with Crippen LogP contribution >= 0.6 is 23.5 Å². The molecule has 4 aliphatic heterocycles. The van der Waals surface area contributed by atoms with E-state index in [0.717, 1.165) is 51.8 Å². The van der Waals surface area contributed by atoms with E-state index in [0.29, 0.717) is 11.8 Å². The molecule has 312 valence electrons. The van der Waals surface area contributed by atoms with Crippen LogP contribution < -0.4 is 10.6 Å². The highest BCUT2D eigenvalue weighted by atomic mass is 32.2. The summed E-state index contributed by atoms with van der Waals surface area (Å²) < 4.78 is 4.35. The van der Waals surface area contributed by atoms with E-state index in [2.05, 4.69) is 205 Å². The molecule has 8 heteroatoms. The maximum absolute atomic E-state index is 5.34. The molecule has 0 saturated carbocycles. The lowest BCUT2D eigenvalue weighted by molar-refractivity contribution is 0.292. The van der Waals surface area contributed by atoms with Gasteiger partial charge in [0.1, 0.15) is 10.1 Å². The van der Waals surface area contributed by atoms with E-state index in [4.69, 9.17) is 10.2 Å². The summed E-state index contributed by atoms with van der Waals surface area (Å²) in [4.78, 5) is 0. The van der Waals surface area contributed by atoms with Crippen molar-refractivity contribution in [1.82, 2.24) is 19.6 Å². The van der Waals surface area contributed by atoms with E-state index in [9.17, 15) is 0 Å². The Morgan fingerprint density at radius 1 is 0.508 bits per heavy atom. The summed E-state index contributed by atoms with van der Waals surface area (Å²) in [7, 11) is 0. The van der Waals surface area contributed by atoms with Gasteiger partial charge in [-0.1, -0.05) is 149 Å². The summed E-state index contributed by atoms with van der Waals surface area (Å²) in [6, 6.07) is 57.3. The molecule has 4 aliphatic rings. The molecule has 0 radical (unpaired) electrons. The molecule has 6 nitrogen and oxygen atoms in total. The van der Waals surface area contributed by atoms with Gasteiger partial charge in [0.25, 0.3) is 0 Å². The quantitative estimate of drug-likeness (QED) is 0.174. The average Bonchev–Trinajstić information content (AvgIpc) is 3.91. The number of hydrogen-bond donors (Lipinski definition) is 2. The summed E-state index contributed by atoms with van der Waals surface area (Å²) >= 11 is 3.92. The van der Waals surface area contributed by atoms with Gasteiger partial charge in [-0.05, 0) is 75.9 Å². The third kappa shape index (κ3) is 6.23. The van der Waals surface area contributed by atoms with Crippen molar-refractivity contribution < 1.29 is 0 Å². The lowest BCUT2D eigenvalue weighted by atomic mass is 9.65. The first-order valence-electron chi connectivity index (χ1n) is 22.3. The van der Waals surface area contributed by atoms with E-state index in [-0.39, 0.29) is 22.9 Å². The zero-order valence-corrected chi connectivity index (χ0v) is 37.7. The Kier molecular flexibility index (Phi) is 9.10. The first-order valence-corrected chi connectivity index (χ1v) is 24.2. The highest BCUT2D eigenvalue weighted by Gasteiger charge is 2.50. The minimum atomic E-state index is -0.0596. The number of nitrogens with one attached hydrogen (secondary N) is 2. The van der Waals surface area contributed by atoms with E-state index >= 15 is 0 Å². The molecule has 0 fully saturated rings. The molecule has 6 aromatic carbocycles.